The van der Waals surface area contributed by atoms with Crippen molar-refractivity contribution in [3.8, 4) is 0 Å². The molecule has 0 radical (unpaired) electrons. The van der Waals surface area contributed by atoms with E-state index < -0.39 is 0 Å². The zero-order valence-electron chi connectivity index (χ0n) is 14.0. The number of carbonyl (C=O) groups excluding carboxylic acids is 1. The van der Waals surface area contributed by atoms with Crippen LogP contribution in [0, 0.1) is 6.92 Å². The lowest BCUT2D eigenvalue weighted by Gasteiger charge is -2.26. The SMILES string of the molecule is CCNCc1cc(C)ccc1N(CC)CC(=O)NC(C)C. The van der Waals surface area contributed by atoms with Crippen molar-refractivity contribution in [2.24, 2.45) is 0 Å². The number of hydrogen-bond donors (Lipinski definition) is 2. The molecule has 0 aliphatic carbocycles. The van der Waals surface area contributed by atoms with Gasteiger partial charge in [0.05, 0.1) is 6.54 Å². The number of rotatable bonds is 8. The number of aryl methyl sites for hydroxylation is 1. The van der Waals surface area contributed by atoms with Gasteiger partial charge in [-0.15, -0.1) is 0 Å². The Morgan fingerprint density at radius 1 is 1.29 bits per heavy atom. The van der Waals surface area contributed by atoms with Crippen molar-refractivity contribution < 1.29 is 4.79 Å². The molecule has 0 fully saturated rings. The number of likely N-dealkylation sites (N-methyl/N-ethyl adjacent to an activating group) is 1. The summed E-state index contributed by atoms with van der Waals surface area (Å²) in [5.74, 6) is 0.0711. The van der Waals surface area contributed by atoms with E-state index >= 15 is 0 Å². The first kappa shape index (κ1) is 17.5. The molecule has 0 saturated carbocycles. The van der Waals surface area contributed by atoms with Crippen molar-refractivity contribution in [1.29, 1.82) is 0 Å². The van der Waals surface area contributed by atoms with Gasteiger partial charge in [-0.25, -0.2) is 0 Å². The van der Waals surface area contributed by atoms with Crippen LogP contribution in [-0.4, -0.2) is 31.6 Å². The van der Waals surface area contributed by atoms with Crippen molar-refractivity contribution >= 4 is 11.6 Å². The van der Waals surface area contributed by atoms with E-state index in [9.17, 15) is 4.79 Å². The summed E-state index contributed by atoms with van der Waals surface area (Å²) in [6.45, 7) is 13.2. The van der Waals surface area contributed by atoms with Crippen LogP contribution < -0.4 is 15.5 Å². The van der Waals surface area contributed by atoms with E-state index in [0.717, 1.165) is 25.3 Å². The third-order valence-corrected chi connectivity index (χ3v) is 3.31. The molecule has 1 aromatic carbocycles. The van der Waals surface area contributed by atoms with E-state index in [1.54, 1.807) is 0 Å². The maximum absolute atomic E-state index is 12.0. The van der Waals surface area contributed by atoms with Crippen molar-refractivity contribution in [2.75, 3.05) is 24.5 Å². The fourth-order valence-electron chi connectivity index (χ4n) is 2.33. The lowest BCUT2D eigenvalue weighted by molar-refractivity contribution is -0.120. The number of nitrogens with zero attached hydrogens (tertiary/aromatic N) is 1. The molecule has 0 saturated heterocycles. The van der Waals surface area contributed by atoms with Gasteiger partial charge in [0.2, 0.25) is 5.91 Å². The molecule has 0 bridgehead atoms. The van der Waals surface area contributed by atoms with Gasteiger partial charge >= 0.3 is 0 Å². The lowest BCUT2D eigenvalue weighted by atomic mass is 10.1. The minimum absolute atomic E-state index is 0.0711. The fraction of sp³-hybridized carbons (Fsp3) is 0.588. The molecule has 0 heterocycles. The highest BCUT2D eigenvalue weighted by Crippen LogP contribution is 2.22. The number of nitrogens with one attached hydrogen (secondary N) is 2. The second-order valence-electron chi connectivity index (χ2n) is 5.65. The maximum atomic E-state index is 12.0. The van der Waals surface area contributed by atoms with Gasteiger partial charge in [-0.1, -0.05) is 24.6 Å². The number of anilines is 1. The van der Waals surface area contributed by atoms with Gasteiger partial charge in [-0.3, -0.25) is 4.79 Å². The Morgan fingerprint density at radius 3 is 2.57 bits per heavy atom. The largest absolute Gasteiger partial charge is 0.362 e. The Labute approximate surface area is 128 Å². The summed E-state index contributed by atoms with van der Waals surface area (Å²) in [5, 5.41) is 6.32. The summed E-state index contributed by atoms with van der Waals surface area (Å²) in [4.78, 5) is 14.1. The second-order valence-corrected chi connectivity index (χ2v) is 5.65. The third-order valence-electron chi connectivity index (χ3n) is 3.31. The summed E-state index contributed by atoms with van der Waals surface area (Å²) in [7, 11) is 0. The maximum Gasteiger partial charge on any atom is 0.239 e. The lowest BCUT2D eigenvalue weighted by Crippen LogP contribution is -2.40. The summed E-state index contributed by atoms with van der Waals surface area (Å²) in [6.07, 6.45) is 0. The normalized spacial score (nSPS) is 10.8. The molecule has 0 spiro atoms. The Hall–Kier alpha value is -1.55. The van der Waals surface area contributed by atoms with E-state index in [0.29, 0.717) is 6.54 Å². The van der Waals surface area contributed by atoms with Gasteiger partial charge in [0.1, 0.15) is 0 Å². The first-order valence-corrected chi connectivity index (χ1v) is 7.82. The Morgan fingerprint density at radius 2 is 2.00 bits per heavy atom. The highest BCUT2D eigenvalue weighted by atomic mass is 16.2. The second kappa shape index (κ2) is 8.67. The molecular weight excluding hydrogens is 262 g/mol. The van der Waals surface area contributed by atoms with Gasteiger partial charge in [-0.2, -0.15) is 0 Å². The first-order chi connectivity index (χ1) is 9.97. The molecule has 0 aliphatic rings. The highest BCUT2D eigenvalue weighted by Gasteiger charge is 2.14. The summed E-state index contributed by atoms with van der Waals surface area (Å²) in [6, 6.07) is 6.60. The number of benzene rings is 1. The molecule has 118 valence electrons. The smallest absolute Gasteiger partial charge is 0.239 e. The first-order valence-electron chi connectivity index (χ1n) is 7.82. The van der Waals surface area contributed by atoms with Crippen LogP contribution in [0.2, 0.25) is 0 Å². The van der Waals surface area contributed by atoms with Crippen LogP contribution in [0.25, 0.3) is 0 Å². The Bertz CT molecular complexity index is 457. The third kappa shape index (κ3) is 5.76. The Kier molecular flexibility index (Phi) is 7.23. The molecule has 0 unspecified atom stereocenters. The van der Waals surface area contributed by atoms with Gasteiger partial charge < -0.3 is 15.5 Å². The number of amides is 1. The standard InChI is InChI=1S/C17H29N3O/c1-6-18-11-15-10-14(5)8-9-16(15)20(7-2)12-17(21)19-13(3)4/h8-10,13,18H,6-7,11-12H2,1-5H3,(H,19,21). The summed E-state index contributed by atoms with van der Waals surface area (Å²) < 4.78 is 0. The summed E-state index contributed by atoms with van der Waals surface area (Å²) in [5.41, 5.74) is 3.63. The minimum atomic E-state index is 0.0711. The molecule has 4 nitrogen and oxygen atoms in total. The Balaban J connectivity index is 2.90. The molecule has 1 rings (SSSR count). The number of carbonyl (C=O) groups is 1. The molecule has 1 aromatic rings. The average molecular weight is 291 g/mol. The predicted molar refractivity (Wildman–Crippen MR) is 89.7 cm³/mol. The van der Waals surface area contributed by atoms with Crippen LogP contribution in [0.5, 0.6) is 0 Å². The van der Waals surface area contributed by atoms with Crippen molar-refractivity contribution in [3.63, 3.8) is 0 Å². The molecular formula is C17H29N3O. The van der Waals surface area contributed by atoms with Crippen LogP contribution in [0.1, 0.15) is 38.8 Å². The van der Waals surface area contributed by atoms with Crippen LogP contribution >= 0.6 is 0 Å². The van der Waals surface area contributed by atoms with Crippen LogP contribution in [-0.2, 0) is 11.3 Å². The van der Waals surface area contributed by atoms with Crippen molar-refractivity contribution in [3.05, 3.63) is 29.3 Å². The van der Waals surface area contributed by atoms with E-state index in [1.807, 2.05) is 13.8 Å². The van der Waals surface area contributed by atoms with Gasteiger partial charge in [-0.05, 0) is 45.9 Å². The average Bonchev–Trinajstić information content (AvgIpc) is 2.42. The van der Waals surface area contributed by atoms with Gasteiger partial charge in [0, 0.05) is 24.8 Å². The zero-order valence-corrected chi connectivity index (χ0v) is 14.0. The van der Waals surface area contributed by atoms with Crippen LogP contribution in [0.3, 0.4) is 0 Å². The molecule has 21 heavy (non-hydrogen) atoms. The van der Waals surface area contributed by atoms with E-state index in [-0.39, 0.29) is 11.9 Å². The topological polar surface area (TPSA) is 44.4 Å². The van der Waals surface area contributed by atoms with Crippen LogP contribution in [0.15, 0.2) is 18.2 Å². The molecule has 0 atom stereocenters. The highest BCUT2D eigenvalue weighted by molar-refractivity contribution is 5.81. The molecule has 1 amide bonds. The predicted octanol–water partition coefficient (Wildman–Crippen LogP) is 2.46. The van der Waals surface area contributed by atoms with Crippen molar-refractivity contribution in [2.45, 2.75) is 47.2 Å². The van der Waals surface area contributed by atoms with E-state index in [2.05, 4.69) is 54.5 Å². The van der Waals surface area contributed by atoms with Gasteiger partial charge in [0.15, 0.2) is 0 Å². The zero-order chi connectivity index (χ0) is 15.8. The molecule has 0 aromatic heterocycles. The number of hydrogen-bond acceptors (Lipinski definition) is 3. The van der Waals surface area contributed by atoms with Crippen LogP contribution in [0.4, 0.5) is 5.69 Å². The summed E-state index contributed by atoms with van der Waals surface area (Å²) >= 11 is 0. The quantitative estimate of drug-likeness (QED) is 0.773. The monoisotopic (exact) mass is 291 g/mol. The van der Waals surface area contributed by atoms with Crippen molar-refractivity contribution in [1.82, 2.24) is 10.6 Å². The van der Waals surface area contributed by atoms with Gasteiger partial charge in [0.25, 0.3) is 0 Å². The minimum Gasteiger partial charge on any atom is -0.362 e. The van der Waals surface area contributed by atoms with E-state index in [4.69, 9.17) is 0 Å². The van der Waals surface area contributed by atoms with E-state index in [1.165, 1.54) is 11.1 Å². The molecule has 4 heteroatoms. The fourth-order valence-corrected chi connectivity index (χ4v) is 2.33. The molecule has 0 aliphatic heterocycles. The molecule has 2 N–H and O–H groups in total.